The summed E-state index contributed by atoms with van der Waals surface area (Å²) in [6, 6.07) is 7.81. The third-order valence-corrected chi connectivity index (χ3v) is 4.59. The summed E-state index contributed by atoms with van der Waals surface area (Å²) in [6.07, 6.45) is 3.36. The fourth-order valence-corrected chi connectivity index (χ4v) is 3.43. The first-order valence-electron chi connectivity index (χ1n) is 7.20. The summed E-state index contributed by atoms with van der Waals surface area (Å²) < 4.78 is 0. The fraction of sp³-hybridized carbons (Fsp3) is 0.389. The lowest BCUT2D eigenvalue weighted by Crippen LogP contribution is -2.23. The van der Waals surface area contributed by atoms with E-state index in [2.05, 4.69) is 26.0 Å². The lowest BCUT2D eigenvalue weighted by atomic mass is 9.72. The normalized spacial score (nSPS) is 16.9. The fourth-order valence-electron chi connectivity index (χ4n) is 3.43. The van der Waals surface area contributed by atoms with Crippen LogP contribution in [0.1, 0.15) is 43.4 Å². The van der Waals surface area contributed by atoms with E-state index in [-0.39, 0.29) is 16.6 Å². The van der Waals surface area contributed by atoms with E-state index in [1.54, 1.807) is 13.0 Å². The third-order valence-electron chi connectivity index (χ3n) is 4.59. The Bertz CT molecular complexity index is 757. The maximum absolute atomic E-state index is 11.9. The molecule has 2 aromatic carbocycles. The van der Waals surface area contributed by atoms with Crippen LogP contribution in [0.2, 0.25) is 0 Å². The third kappa shape index (κ3) is 1.91. The van der Waals surface area contributed by atoms with Gasteiger partial charge in [-0.1, -0.05) is 26.0 Å². The van der Waals surface area contributed by atoms with Crippen molar-refractivity contribution in [2.75, 3.05) is 0 Å². The topological polar surface area (TPSA) is 37.3 Å². The lowest BCUT2D eigenvalue weighted by Gasteiger charge is -2.33. The molecule has 0 aromatic heterocycles. The summed E-state index contributed by atoms with van der Waals surface area (Å²) in [6.45, 7) is 6.29. The van der Waals surface area contributed by atoms with Crippen molar-refractivity contribution in [2.24, 2.45) is 0 Å². The van der Waals surface area contributed by atoms with Crippen LogP contribution >= 0.6 is 0 Å². The Labute approximate surface area is 119 Å². The van der Waals surface area contributed by atoms with E-state index in [9.17, 15) is 9.90 Å². The maximum Gasteiger partial charge on any atom is 0.223 e. The zero-order valence-electron chi connectivity index (χ0n) is 12.3. The van der Waals surface area contributed by atoms with Crippen LogP contribution in [-0.2, 0) is 11.8 Å². The molecule has 0 aliphatic heterocycles. The first-order chi connectivity index (χ1) is 9.40. The van der Waals surface area contributed by atoms with Gasteiger partial charge in [0.25, 0.3) is 0 Å². The first-order valence-corrected chi connectivity index (χ1v) is 7.20. The molecule has 2 nitrogen and oxygen atoms in total. The highest BCUT2D eigenvalue weighted by Gasteiger charge is 2.28. The number of aryl methyl sites for hydroxylation is 2. The van der Waals surface area contributed by atoms with E-state index in [0.29, 0.717) is 5.56 Å². The van der Waals surface area contributed by atoms with Gasteiger partial charge in [-0.3, -0.25) is 4.79 Å². The van der Waals surface area contributed by atoms with Crippen LogP contribution in [0.25, 0.3) is 10.8 Å². The summed E-state index contributed by atoms with van der Waals surface area (Å²) in [5, 5.41) is 12.0. The average Bonchev–Trinajstić information content (AvgIpc) is 2.49. The number of hydrogen-bond donors (Lipinski definition) is 1. The predicted molar refractivity (Wildman–Crippen MR) is 82.6 cm³/mol. The molecule has 20 heavy (non-hydrogen) atoms. The Morgan fingerprint density at radius 1 is 1.20 bits per heavy atom. The molecule has 3 rings (SSSR count). The van der Waals surface area contributed by atoms with Crippen molar-refractivity contribution in [1.29, 1.82) is 0 Å². The molecule has 0 heterocycles. The van der Waals surface area contributed by atoms with Gasteiger partial charge in [0.2, 0.25) is 5.43 Å². The van der Waals surface area contributed by atoms with Crippen molar-refractivity contribution in [3.63, 3.8) is 0 Å². The van der Waals surface area contributed by atoms with Crippen LogP contribution in [0.3, 0.4) is 0 Å². The van der Waals surface area contributed by atoms with Crippen molar-refractivity contribution in [2.45, 2.75) is 45.4 Å². The van der Waals surface area contributed by atoms with Gasteiger partial charge in [0.15, 0.2) is 5.75 Å². The monoisotopic (exact) mass is 268 g/mol. The standard InChI is InChI=1S/C18H20O2/c1-11-9-12-6-7-15-13(5-4-8-18(15,2)3)14(12)10-16(19)17(11)20/h6-7,9-10H,4-5,8H2,1-3H3,(H,19,20). The lowest BCUT2D eigenvalue weighted by molar-refractivity contribution is 0.433. The van der Waals surface area contributed by atoms with E-state index in [0.717, 1.165) is 23.6 Å². The molecule has 0 spiro atoms. The minimum Gasteiger partial charge on any atom is -0.504 e. The van der Waals surface area contributed by atoms with Crippen molar-refractivity contribution >= 4 is 10.8 Å². The molecular weight excluding hydrogens is 248 g/mol. The van der Waals surface area contributed by atoms with Gasteiger partial charge in [0.1, 0.15) is 0 Å². The Morgan fingerprint density at radius 2 is 1.95 bits per heavy atom. The summed E-state index contributed by atoms with van der Waals surface area (Å²) in [7, 11) is 0. The van der Waals surface area contributed by atoms with Gasteiger partial charge in [0, 0.05) is 5.56 Å². The molecule has 2 aromatic rings. The highest BCUT2D eigenvalue weighted by Crippen LogP contribution is 2.40. The maximum atomic E-state index is 11.9. The number of rotatable bonds is 0. The Balaban J connectivity index is 2.45. The summed E-state index contributed by atoms with van der Waals surface area (Å²) in [4.78, 5) is 11.9. The minimum atomic E-state index is -0.273. The molecule has 0 fully saturated rings. The van der Waals surface area contributed by atoms with Crippen molar-refractivity contribution in [3.05, 3.63) is 51.2 Å². The van der Waals surface area contributed by atoms with E-state index in [1.165, 1.54) is 17.5 Å². The van der Waals surface area contributed by atoms with Crippen LogP contribution in [0.15, 0.2) is 29.1 Å². The average molecular weight is 268 g/mol. The van der Waals surface area contributed by atoms with E-state index < -0.39 is 0 Å². The van der Waals surface area contributed by atoms with Crippen molar-refractivity contribution < 1.29 is 5.11 Å². The van der Waals surface area contributed by atoms with Crippen LogP contribution in [0, 0.1) is 6.92 Å². The van der Waals surface area contributed by atoms with E-state index in [4.69, 9.17) is 0 Å². The summed E-state index contributed by atoms with van der Waals surface area (Å²) in [5.74, 6) is -0.144. The number of hydrogen-bond acceptors (Lipinski definition) is 2. The van der Waals surface area contributed by atoms with Gasteiger partial charge in [0.05, 0.1) is 0 Å². The molecule has 0 amide bonds. The number of aromatic hydroxyl groups is 1. The van der Waals surface area contributed by atoms with Crippen LogP contribution in [0.5, 0.6) is 5.75 Å². The predicted octanol–water partition coefficient (Wildman–Crippen LogP) is 3.83. The molecule has 0 unspecified atom stereocenters. The molecule has 104 valence electrons. The second-order valence-corrected chi connectivity index (χ2v) is 6.52. The smallest absolute Gasteiger partial charge is 0.223 e. The first kappa shape index (κ1) is 13.2. The molecule has 0 atom stereocenters. The molecule has 0 saturated carbocycles. The van der Waals surface area contributed by atoms with Crippen molar-refractivity contribution in [3.8, 4) is 5.75 Å². The van der Waals surface area contributed by atoms with Crippen LogP contribution in [-0.4, -0.2) is 5.11 Å². The van der Waals surface area contributed by atoms with Crippen molar-refractivity contribution in [1.82, 2.24) is 0 Å². The van der Waals surface area contributed by atoms with Gasteiger partial charge < -0.3 is 5.11 Å². The van der Waals surface area contributed by atoms with Crippen LogP contribution in [0.4, 0.5) is 0 Å². The van der Waals surface area contributed by atoms with Gasteiger partial charge in [-0.05, 0) is 65.6 Å². The van der Waals surface area contributed by atoms with Crippen LogP contribution < -0.4 is 5.43 Å². The SMILES string of the molecule is Cc1cc2ccc3c(c2cc(O)c1=O)CCCC3(C)C. The molecular formula is C18H20O2. The molecule has 1 aliphatic carbocycles. The highest BCUT2D eigenvalue weighted by atomic mass is 16.3. The molecule has 2 heteroatoms. The Hall–Kier alpha value is -1.83. The second-order valence-electron chi connectivity index (χ2n) is 6.52. The van der Waals surface area contributed by atoms with Gasteiger partial charge in [-0.2, -0.15) is 0 Å². The minimum absolute atomic E-state index is 0.144. The van der Waals surface area contributed by atoms with E-state index >= 15 is 0 Å². The zero-order valence-corrected chi connectivity index (χ0v) is 12.3. The Kier molecular flexibility index (Phi) is 2.86. The Morgan fingerprint density at radius 3 is 2.70 bits per heavy atom. The molecule has 1 N–H and O–H groups in total. The largest absolute Gasteiger partial charge is 0.504 e. The van der Waals surface area contributed by atoms with E-state index in [1.807, 2.05) is 6.07 Å². The number of benzene rings is 1. The molecule has 0 radical (unpaired) electrons. The molecule has 0 saturated heterocycles. The van der Waals surface area contributed by atoms with Gasteiger partial charge in [-0.15, -0.1) is 0 Å². The molecule has 1 aliphatic rings. The number of fused-ring (bicyclic) bond motifs is 3. The summed E-state index contributed by atoms with van der Waals surface area (Å²) >= 11 is 0. The molecule has 0 bridgehead atoms. The van der Waals surface area contributed by atoms with Gasteiger partial charge in [-0.25, -0.2) is 0 Å². The van der Waals surface area contributed by atoms with Gasteiger partial charge >= 0.3 is 0 Å². The highest BCUT2D eigenvalue weighted by molar-refractivity contribution is 5.88. The summed E-state index contributed by atoms with van der Waals surface area (Å²) in [5.41, 5.74) is 3.13. The quantitative estimate of drug-likeness (QED) is 0.788. The zero-order chi connectivity index (χ0) is 14.5. The second kappa shape index (κ2) is 4.34.